The van der Waals surface area contributed by atoms with Gasteiger partial charge < -0.3 is 15.3 Å². The summed E-state index contributed by atoms with van der Waals surface area (Å²) in [6.07, 6.45) is -5.85. The number of carbonyl (C=O) groups is 2. The minimum atomic E-state index is -4.76. The van der Waals surface area contributed by atoms with Gasteiger partial charge in [-0.25, -0.2) is 13.4 Å². The summed E-state index contributed by atoms with van der Waals surface area (Å²) in [4.78, 5) is 32.7. The van der Waals surface area contributed by atoms with E-state index in [9.17, 15) is 36.3 Å². The Balaban J connectivity index is 1.49. The quantitative estimate of drug-likeness (QED) is 0.341. The SMILES string of the molecule is Cc1ncsc1-c1ccc(CNC(=O)[C@@H]2C[C@@H](O)CN2C(=O)[C@@H](NS(=O)(=O)c2cccc(C(F)(F)F)c2)C(C)(C)C)cc1. The van der Waals surface area contributed by atoms with Crippen molar-refractivity contribution in [2.45, 2.75) is 69.9 Å². The van der Waals surface area contributed by atoms with E-state index in [2.05, 4.69) is 15.0 Å². The third kappa shape index (κ3) is 7.61. The van der Waals surface area contributed by atoms with Gasteiger partial charge >= 0.3 is 6.18 Å². The molecule has 3 aromatic rings. The summed E-state index contributed by atoms with van der Waals surface area (Å²) >= 11 is 1.52. The van der Waals surface area contributed by atoms with Crippen LogP contribution in [0.3, 0.4) is 0 Å². The van der Waals surface area contributed by atoms with Crippen LogP contribution >= 0.6 is 11.3 Å². The molecule has 0 spiro atoms. The maximum atomic E-state index is 13.8. The topological polar surface area (TPSA) is 129 Å². The van der Waals surface area contributed by atoms with Crippen molar-refractivity contribution in [3.05, 3.63) is 70.9 Å². The van der Waals surface area contributed by atoms with Gasteiger partial charge in [0.25, 0.3) is 0 Å². The van der Waals surface area contributed by atoms with E-state index >= 15 is 0 Å². The number of β-amino-alcohol motifs (C(OH)–C–C–N with tert-alkyl or cyclic N) is 1. The standard InChI is InChI=1S/C29H33F3N4O5S2/c1-17-24(42-16-34-17)19-10-8-18(9-11-19)14-33-26(38)23-13-21(37)15-36(23)27(39)25(28(2,3)4)35-43(40,41)22-7-5-6-20(12-22)29(30,31)32/h5-12,16,21,23,25,35,37H,13-15H2,1-4H3,(H,33,38)/t21-,23+,25-/m1/s1. The molecule has 1 fully saturated rings. The number of nitrogens with zero attached hydrogens (tertiary/aromatic N) is 2. The van der Waals surface area contributed by atoms with Gasteiger partial charge in [-0.15, -0.1) is 11.3 Å². The fourth-order valence-electron chi connectivity index (χ4n) is 4.79. The molecule has 2 amide bonds. The fraction of sp³-hybridized carbons (Fsp3) is 0.414. The number of amides is 2. The van der Waals surface area contributed by atoms with Crippen LogP contribution in [0.1, 0.15) is 44.0 Å². The van der Waals surface area contributed by atoms with Crippen molar-refractivity contribution >= 4 is 33.2 Å². The molecule has 0 saturated carbocycles. The maximum absolute atomic E-state index is 13.8. The summed E-state index contributed by atoms with van der Waals surface area (Å²) in [7, 11) is -4.58. The second-order valence-corrected chi connectivity index (χ2v) is 14.1. The van der Waals surface area contributed by atoms with Gasteiger partial charge in [0.2, 0.25) is 21.8 Å². The summed E-state index contributed by atoms with van der Waals surface area (Å²) < 4.78 is 68.2. The summed E-state index contributed by atoms with van der Waals surface area (Å²) in [5, 5.41) is 13.2. The lowest BCUT2D eigenvalue weighted by atomic mass is 9.86. The number of halogens is 3. The molecule has 1 aromatic heterocycles. The highest BCUT2D eigenvalue weighted by atomic mass is 32.2. The Hall–Kier alpha value is -3.33. The normalized spacial score (nSPS) is 18.5. The Morgan fingerprint density at radius 3 is 2.40 bits per heavy atom. The second-order valence-electron chi connectivity index (χ2n) is 11.5. The Labute approximate surface area is 252 Å². The number of alkyl halides is 3. The number of carbonyl (C=O) groups excluding carboxylic acids is 2. The van der Waals surface area contributed by atoms with E-state index in [4.69, 9.17) is 0 Å². The minimum absolute atomic E-state index is 0.0571. The zero-order valence-electron chi connectivity index (χ0n) is 24.0. The molecule has 1 aliphatic heterocycles. The van der Waals surface area contributed by atoms with E-state index in [0.29, 0.717) is 6.07 Å². The molecule has 4 rings (SSSR count). The second kappa shape index (κ2) is 12.3. The molecule has 232 valence electrons. The van der Waals surface area contributed by atoms with Crippen LogP contribution < -0.4 is 10.0 Å². The monoisotopic (exact) mass is 638 g/mol. The van der Waals surface area contributed by atoms with Crippen LogP contribution in [0.15, 0.2) is 58.9 Å². The zero-order valence-corrected chi connectivity index (χ0v) is 25.6. The van der Waals surface area contributed by atoms with Crippen LogP contribution in [0.5, 0.6) is 0 Å². The molecule has 0 radical (unpaired) electrons. The van der Waals surface area contributed by atoms with Gasteiger partial charge in [-0.05, 0) is 41.7 Å². The van der Waals surface area contributed by atoms with E-state index in [1.165, 1.54) is 11.3 Å². The number of benzene rings is 2. The molecule has 0 unspecified atom stereocenters. The highest BCUT2D eigenvalue weighted by Crippen LogP contribution is 2.32. The van der Waals surface area contributed by atoms with Crippen LogP contribution in [0.4, 0.5) is 13.2 Å². The number of hydrogen-bond acceptors (Lipinski definition) is 7. The third-order valence-corrected chi connectivity index (χ3v) is 9.55. The summed E-state index contributed by atoms with van der Waals surface area (Å²) in [5.74, 6) is -1.30. The predicted molar refractivity (Wildman–Crippen MR) is 155 cm³/mol. The molecular formula is C29H33F3N4O5S2. The van der Waals surface area contributed by atoms with Gasteiger partial charge in [0, 0.05) is 19.5 Å². The van der Waals surface area contributed by atoms with Crippen molar-refractivity contribution in [2.24, 2.45) is 5.41 Å². The van der Waals surface area contributed by atoms with E-state index in [1.54, 1.807) is 26.3 Å². The molecule has 1 aliphatic rings. The number of likely N-dealkylation sites (tertiary alicyclic amines) is 1. The number of rotatable bonds is 8. The third-order valence-electron chi connectivity index (χ3n) is 7.15. The van der Waals surface area contributed by atoms with Gasteiger partial charge in [0.15, 0.2) is 0 Å². The summed E-state index contributed by atoms with van der Waals surface area (Å²) in [6, 6.07) is 8.24. The molecule has 2 aromatic carbocycles. The number of hydrogen-bond donors (Lipinski definition) is 3. The predicted octanol–water partition coefficient (Wildman–Crippen LogP) is 4.11. The van der Waals surface area contributed by atoms with Gasteiger partial charge in [-0.1, -0.05) is 51.1 Å². The number of aryl methyl sites for hydroxylation is 1. The van der Waals surface area contributed by atoms with Crippen molar-refractivity contribution in [3.63, 3.8) is 0 Å². The maximum Gasteiger partial charge on any atom is 0.416 e. The smallest absolute Gasteiger partial charge is 0.391 e. The lowest BCUT2D eigenvalue weighted by Gasteiger charge is -2.35. The molecule has 0 aliphatic carbocycles. The first-order chi connectivity index (χ1) is 20.0. The van der Waals surface area contributed by atoms with Crippen molar-refractivity contribution in [2.75, 3.05) is 6.54 Å². The molecule has 1 saturated heterocycles. The number of nitrogens with one attached hydrogen (secondary N) is 2. The fourth-order valence-corrected chi connectivity index (χ4v) is 7.04. The molecular weight excluding hydrogens is 605 g/mol. The number of thiazole rings is 1. The average Bonchev–Trinajstić information content (AvgIpc) is 3.54. The average molecular weight is 639 g/mol. The lowest BCUT2D eigenvalue weighted by molar-refractivity contribution is -0.141. The van der Waals surface area contributed by atoms with E-state index in [-0.39, 0.29) is 19.5 Å². The zero-order chi connectivity index (χ0) is 31.7. The molecule has 3 N–H and O–H groups in total. The van der Waals surface area contributed by atoms with Crippen molar-refractivity contribution < 1.29 is 36.3 Å². The molecule has 0 bridgehead atoms. The molecule has 2 heterocycles. The summed E-state index contributed by atoms with van der Waals surface area (Å²) in [5.41, 5.74) is 2.28. The Bertz CT molecular complexity index is 1580. The van der Waals surface area contributed by atoms with Crippen LogP contribution in [-0.4, -0.2) is 60.0 Å². The number of aromatic nitrogens is 1. The number of aliphatic hydroxyl groups excluding tert-OH is 1. The molecule has 14 heteroatoms. The Morgan fingerprint density at radius 2 is 1.81 bits per heavy atom. The Kier molecular flexibility index (Phi) is 9.35. The van der Waals surface area contributed by atoms with Crippen LogP contribution in [0, 0.1) is 12.3 Å². The highest BCUT2D eigenvalue weighted by Gasteiger charge is 2.45. The van der Waals surface area contributed by atoms with Crippen molar-refractivity contribution in [1.82, 2.24) is 19.9 Å². The van der Waals surface area contributed by atoms with Crippen LogP contribution in [-0.2, 0) is 32.3 Å². The van der Waals surface area contributed by atoms with Gasteiger partial charge in [-0.3, -0.25) is 9.59 Å². The molecule has 3 atom stereocenters. The van der Waals surface area contributed by atoms with Gasteiger partial charge in [0.05, 0.1) is 32.6 Å². The molecule has 9 nitrogen and oxygen atoms in total. The Morgan fingerprint density at radius 1 is 1.14 bits per heavy atom. The molecule has 43 heavy (non-hydrogen) atoms. The minimum Gasteiger partial charge on any atom is -0.391 e. The number of aliphatic hydroxyl groups is 1. The van der Waals surface area contributed by atoms with Crippen LogP contribution in [0.2, 0.25) is 0 Å². The van der Waals surface area contributed by atoms with E-state index in [1.807, 2.05) is 31.2 Å². The van der Waals surface area contributed by atoms with Gasteiger partial charge in [0.1, 0.15) is 12.1 Å². The summed E-state index contributed by atoms with van der Waals surface area (Å²) in [6.45, 7) is 6.62. The van der Waals surface area contributed by atoms with Gasteiger partial charge in [-0.2, -0.15) is 17.9 Å². The van der Waals surface area contributed by atoms with E-state index in [0.717, 1.165) is 44.8 Å². The number of sulfonamides is 1. The first-order valence-electron chi connectivity index (χ1n) is 13.4. The first-order valence-corrected chi connectivity index (χ1v) is 15.8. The largest absolute Gasteiger partial charge is 0.416 e. The van der Waals surface area contributed by atoms with Crippen molar-refractivity contribution in [3.8, 4) is 10.4 Å². The van der Waals surface area contributed by atoms with E-state index < -0.39 is 62.1 Å². The first kappa shape index (κ1) is 32.6. The van der Waals surface area contributed by atoms with Crippen molar-refractivity contribution in [1.29, 1.82) is 0 Å². The highest BCUT2D eigenvalue weighted by molar-refractivity contribution is 7.89. The van der Waals surface area contributed by atoms with Crippen LogP contribution in [0.25, 0.3) is 10.4 Å². The lowest BCUT2D eigenvalue weighted by Crippen LogP contribution is -2.57.